The van der Waals surface area contributed by atoms with Crippen LogP contribution in [0.1, 0.15) is 37.0 Å². The van der Waals surface area contributed by atoms with Crippen LogP contribution in [-0.2, 0) is 4.79 Å². The van der Waals surface area contributed by atoms with E-state index in [0.717, 1.165) is 43.0 Å². The van der Waals surface area contributed by atoms with Gasteiger partial charge in [0.15, 0.2) is 5.96 Å². The first kappa shape index (κ1) is 20.1. The molecule has 0 radical (unpaired) electrons. The first-order chi connectivity index (χ1) is 13.3. The van der Waals surface area contributed by atoms with Crippen molar-refractivity contribution in [3.05, 3.63) is 35.4 Å². The van der Waals surface area contributed by atoms with Crippen molar-refractivity contribution in [1.29, 1.82) is 0 Å². The molecule has 3 amide bonds. The van der Waals surface area contributed by atoms with Crippen molar-refractivity contribution in [3.8, 4) is 0 Å². The summed E-state index contributed by atoms with van der Waals surface area (Å²) in [6.45, 7) is 5.61. The molecule has 1 aromatic rings. The number of imide groups is 1. The van der Waals surface area contributed by atoms with Crippen LogP contribution in [0.4, 0.5) is 4.79 Å². The molecule has 152 valence electrons. The molecule has 3 rings (SSSR count). The maximum Gasteiger partial charge on any atom is 0.322 e. The summed E-state index contributed by atoms with van der Waals surface area (Å²) in [5, 5.41) is 18.8. The minimum Gasteiger partial charge on any atom is -0.387 e. The molecule has 8 heteroatoms. The molecule has 2 fully saturated rings. The summed E-state index contributed by atoms with van der Waals surface area (Å²) in [6.07, 6.45) is 0.918. The molecule has 0 bridgehead atoms. The van der Waals surface area contributed by atoms with Crippen LogP contribution in [0, 0.1) is 12.8 Å². The monoisotopic (exact) mass is 387 g/mol. The fourth-order valence-electron chi connectivity index (χ4n) is 4.03. The maximum absolute atomic E-state index is 12.1. The number of urea groups is 1. The van der Waals surface area contributed by atoms with Gasteiger partial charge in [-0.15, -0.1) is 0 Å². The summed E-state index contributed by atoms with van der Waals surface area (Å²) in [4.78, 5) is 30.1. The number of likely N-dealkylation sites (tertiary alicyclic amines) is 1. The average molecular weight is 387 g/mol. The van der Waals surface area contributed by atoms with E-state index < -0.39 is 17.7 Å². The third-order valence-electron chi connectivity index (χ3n) is 5.78. The van der Waals surface area contributed by atoms with E-state index in [9.17, 15) is 14.7 Å². The van der Waals surface area contributed by atoms with Gasteiger partial charge in [0.2, 0.25) is 0 Å². The SMILES string of the molecule is CN=C(NCC(O)c1cccc(C)c1)N1CCC(C2(C)NC(=O)NC2=O)CC1. The van der Waals surface area contributed by atoms with E-state index in [2.05, 4.69) is 25.8 Å². The second-order valence-electron chi connectivity index (χ2n) is 7.73. The Morgan fingerprint density at radius 3 is 2.68 bits per heavy atom. The molecule has 8 nitrogen and oxygen atoms in total. The summed E-state index contributed by atoms with van der Waals surface area (Å²) < 4.78 is 0. The van der Waals surface area contributed by atoms with Crippen molar-refractivity contribution in [1.82, 2.24) is 20.9 Å². The van der Waals surface area contributed by atoms with Crippen LogP contribution in [0.25, 0.3) is 0 Å². The highest BCUT2D eigenvalue weighted by molar-refractivity contribution is 6.07. The summed E-state index contributed by atoms with van der Waals surface area (Å²) >= 11 is 0. The molecule has 0 spiro atoms. The Morgan fingerprint density at radius 2 is 2.11 bits per heavy atom. The number of hydrogen-bond acceptors (Lipinski definition) is 4. The van der Waals surface area contributed by atoms with Crippen LogP contribution < -0.4 is 16.0 Å². The van der Waals surface area contributed by atoms with Crippen LogP contribution in [-0.4, -0.2) is 60.1 Å². The normalized spacial score (nSPS) is 24.7. The van der Waals surface area contributed by atoms with Gasteiger partial charge in [0.05, 0.1) is 6.10 Å². The lowest BCUT2D eigenvalue weighted by Crippen LogP contribution is -2.55. The van der Waals surface area contributed by atoms with Crippen molar-refractivity contribution in [2.45, 2.75) is 38.3 Å². The van der Waals surface area contributed by atoms with Crippen LogP contribution >= 0.6 is 0 Å². The molecular formula is C20H29N5O3. The number of carbonyl (C=O) groups excluding carboxylic acids is 2. The molecule has 28 heavy (non-hydrogen) atoms. The van der Waals surface area contributed by atoms with Gasteiger partial charge in [-0.2, -0.15) is 0 Å². The molecule has 1 aromatic carbocycles. The Labute approximate surface area is 165 Å². The highest BCUT2D eigenvalue weighted by Gasteiger charge is 2.48. The van der Waals surface area contributed by atoms with E-state index in [-0.39, 0.29) is 11.8 Å². The summed E-state index contributed by atoms with van der Waals surface area (Å²) in [5.74, 6) is 0.557. The highest BCUT2D eigenvalue weighted by atomic mass is 16.3. The zero-order valence-electron chi connectivity index (χ0n) is 16.7. The molecule has 2 unspecified atom stereocenters. The van der Waals surface area contributed by atoms with Gasteiger partial charge >= 0.3 is 6.03 Å². The third kappa shape index (κ3) is 4.11. The van der Waals surface area contributed by atoms with Gasteiger partial charge in [-0.25, -0.2) is 4.79 Å². The Balaban J connectivity index is 1.54. The lowest BCUT2D eigenvalue weighted by Gasteiger charge is -2.39. The highest BCUT2D eigenvalue weighted by Crippen LogP contribution is 2.30. The Morgan fingerprint density at radius 1 is 1.39 bits per heavy atom. The molecule has 0 saturated carbocycles. The third-order valence-corrected chi connectivity index (χ3v) is 5.78. The Kier molecular flexibility index (Phi) is 5.88. The van der Waals surface area contributed by atoms with Crippen molar-refractivity contribution >= 4 is 17.9 Å². The van der Waals surface area contributed by atoms with E-state index in [0.29, 0.717) is 6.54 Å². The second kappa shape index (κ2) is 8.18. The van der Waals surface area contributed by atoms with Gasteiger partial charge in [-0.1, -0.05) is 29.8 Å². The predicted octanol–water partition coefficient (Wildman–Crippen LogP) is 0.914. The summed E-state index contributed by atoms with van der Waals surface area (Å²) in [7, 11) is 1.72. The van der Waals surface area contributed by atoms with Crippen LogP contribution in [0.5, 0.6) is 0 Å². The predicted molar refractivity (Wildman–Crippen MR) is 107 cm³/mol. The minimum absolute atomic E-state index is 0.0752. The molecule has 4 N–H and O–H groups in total. The van der Waals surface area contributed by atoms with Crippen molar-refractivity contribution in [3.63, 3.8) is 0 Å². The van der Waals surface area contributed by atoms with Crippen LogP contribution in [0.3, 0.4) is 0 Å². The van der Waals surface area contributed by atoms with Crippen molar-refractivity contribution in [2.75, 3.05) is 26.7 Å². The van der Waals surface area contributed by atoms with E-state index >= 15 is 0 Å². The summed E-state index contributed by atoms with van der Waals surface area (Å²) in [6, 6.07) is 7.40. The number of rotatable bonds is 4. The number of aliphatic imine (C=N–C) groups is 1. The number of amides is 3. The number of aliphatic hydroxyl groups excluding tert-OH is 1. The first-order valence-electron chi connectivity index (χ1n) is 9.67. The number of nitrogens with one attached hydrogen (secondary N) is 3. The first-order valence-corrected chi connectivity index (χ1v) is 9.67. The molecular weight excluding hydrogens is 358 g/mol. The Bertz CT molecular complexity index is 773. The largest absolute Gasteiger partial charge is 0.387 e. The molecule has 2 atom stereocenters. The van der Waals surface area contributed by atoms with Crippen LogP contribution in [0.15, 0.2) is 29.3 Å². The standard InChI is InChI=1S/C20H29N5O3/c1-13-5-4-6-14(11-13)16(26)12-22-18(21-3)25-9-7-15(8-10-25)20(2)17(27)23-19(28)24-20/h4-6,11,15-16,26H,7-10,12H2,1-3H3,(H,21,22)(H2,23,24,27,28). The van der Waals surface area contributed by atoms with Gasteiger partial charge in [-0.05, 0) is 38.2 Å². The molecule has 0 aliphatic carbocycles. The van der Waals surface area contributed by atoms with Gasteiger partial charge in [0.25, 0.3) is 5.91 Å². The second-order valence-corrected chi connectivity index (χ2v) is 7.73. The number of hydrogen-bond donors (Lipinski definition) is 4. The van der Waals surface area contributed by atoms with Crippen LogP contribution in [0.2, 0.25) is 0 Å². The number of nitrogens with zero attached hydrogens (tertiary/aromatic N) is 2. The maximum atomic E-state index is 12.1. The van der Waals surface area contributed by atoms with Gasteiger partial charge in [0, 0.05) is 26.7 Å². The number of piperidine rings is 1. The van der Waals surface area contributed by atoms with Crippen molar-refractivity contribution in [2.24, 2.45) is 10.9 Å². The molecule has 2 aliphatic rings. The smallest absolute Gasteiger partial charge is 0.322 e. The van der Waals surface area contributed by atoms with E-state index in [1.54, 1.807) is 14.0 Å². The van der Waals surface area contributed by atoms with E-state index in [1.807, 2.05) is 31.2 Å². The molecule has 2 aliphatic heterocycles. The zero-order chi connectivity index (χ0) is 20.3. The fourth-order valence-corrected chi connectivity index (χ4v) is 4.03. The van der Waals surface area contributed by atoms with Crippen molar-refractivity contribution < 1.29 is 14.7 Å². The zero-order valence-corrected chi connectivity index (χ0v) is 16.7. The average Bonchev–Trinajstić information content (AvgIpc) is 2.95. The molecule has 0 aromatic heterocycles. The Hall–Kier alpha value is -2.61. The number of benzene rings is 1. The van der Waals surface area contributed by atoms with E-state index in [1.165, 1.54) is 0 Å². The van der Waals surface area contributed by atoms with Gasteiger partial charge in [0.1, 0.15) is 5.54 Å². The quantitative estimate of drug-likeness (QED) is 0.349. The van der Waals surface area contributed by atoms with Gasteiger partial charge in [-0.3, -0.25) is 15.1 Å². The molecule has 2 saturated heterocycles. The van der Waals surface area contributed by atoms with E-state index in [4.69, 9.17) is 0 Å². The lowest BCUT2D eigenvalue weighted by atomic mass is 9.79. The number of carbonyl (C=O) groups is 2. The minimum atomic E-state index is -0.846. The summed E-state index contributed by atoms with van der Waals surface area (Å²) in [5.41, 5.74) is 1.14. The number of aryl methyl sites for hydroxylation is 1. The fraction of sp³-hybridized carbons (Fsp3) is 0.550. The number of guanidine groups is 1. The molecule has 2 heterocycles. The lowest BCUT2D eigenvalue weighted by molar-refractivity contribution is -0.125. The number of aliphatic hydroxyl groups is 1. The topological polar surface area (TPSA) is 106 Å². The van der Waals surface area contributed by atoms with Gasteiger partial charge < -0.3 is 20.6 Å².